The number of likely N-dealkylation sites (N-methyl/N-ethyl adjacent to an activating group) is 1. The molecule has 0 saturated carbocycles. The first-order valence-electron chi connectivity index (χ1n) is 7.42. The van der Waals surface area contributed by atoms with Crippen LogP contribution in [-0.4, -0.2) is 22.1 Å². The normalized spacial score (nSPS) is 12.9. The van der Waals surface area contributed by atoms with Gasteiger partial charge in [-0.3, -0.25) is 0 Å². The van der Waals surface area contributed by atoms with E-state index in [4.69, 9.17) is 4.98 Å². The van der Waals surface area contributed by atoms with Crippen LogP contribution in [0.15, 0.2) is 41.1 Å². The fraction of sp³-hybridized carbons (Fsp3) is 0.353. The van der Waals surface area contributed by atoms with Gasteiger partial charge in [-0.2, -0.15) is 11.3 Å². The Hall–Kier alpha value is -1.65. The Morgan fingerprint density at radius 2 is 2.10 bits per heavy atom. The molecule has 1 unspecified atom stereocenters. The van der Waals surface area contributed by atoms with E-state index in [-0.39, 0.29) is 0 Å². The van der Waals surface area contributed by atoms with Gasteiger partial charge in [0.05, 0.1) is 11.0 Å². The molecular formula is C17H21N3S. The summed E-state index contributed by atoms with van der Waals surface area (Å²) < 4.78 is 2.22. The van der Waals surface area contributed by atoms with Crippen molar-refractivity contribution in [3.8, 4) is 0 Å². The summed E-state index contributed by atoms with van der Waals surface area (Å²) in [5, 5.41) is 7.97. The lowest BCUT2D eigenvalue weighted by molar-refractivity contribution is 0.506. The summed E-state index contributed by atoms with van der Waals surface area (Å²) in [7, 11) is 2.11. The lowest BCUT2D eigenvalue weighted by atomic mass is 10.1. The van der Waals surface area contributed by atoms with Crippen molar-refractivity contribution in [2.24, 2.45) is 7.05 Å². The molecule has 0 radical (unpaired) electrons. The fourth-order valence-electron chi connectivity index (χ4n) is 2.80. The topological polar surface area (TPSA) is 29.9 Å². The highest BCUT2D eigenvalue weighted by Gasteiger charge is 2.14. The molecule has 0 spiro atoms. The number of nitrogens with zero attached hydrogens (tertiary/aromatic N) is 2. The maximum atomic E-state index is 4.79. The van der Waals surface area contributed by atoms with E-state index in [1.807, 2.05) is 6.07 Å². The number of nitrogens with one attached hydrogen (secondary N) is 1. The van der Waals surface area contributed by atoms with Crippen molar-refractivity contribution in [3.05, 3.63) is 52.5 Å². The highest BCUT2D eigenvalue weighted by Crippen LogP contribution is 2.17. The summed E-state index contributed by atoms with van der Waals surface area (Å²) in [6.45, 7) is 3.15. The molecule has 4 heteroatoms. The van der Waals surface area contributed by atoms with Crippen molar-refractivity contribution in [2.45, 2.75) is 25.8 Å². The molecule has 0 saturated heterocycles. The van der Waals surface area contributed by atoms with Crippen LogP contribution in [0.5, 0.6) is 0 Å². The SMILES string of the molecule is CCNC(Cc1ccsc1)Cc1nc2ccccc2n1C. The van der Waals surface area contributed by atoms with E-state index in [0.29, 0.717) is 6.04 Å². The van der Waals surface area contributed by atoms with Gasteiger partial charge >= 0.3 is 0 Å². The smallest absolute Gasteiger partial charge is 0.111 e. The third kappa shape index (κ3) is 3.17. The maximum absolute atomic E-state index is 4.79. The number of hydrogen-bond donors (Lipinski definition) is 1. The zero-order chi connectivity index (χ0) is 14.7. The predicted molar refractivity (Wildman–Crippen MR) is 89.9 cm³/mol. The molecule has 0 amide bonds. The van der Waals surface area contributed by atoms with Gasteiger partial charge < -0.3 is 9.88 Å². The number of hydrogen-bond acceptors (Lipinski definition) is 3. The van der Waals surface area contributed by atoms with E-state index in [1.54, 1.807) is 11.3 Å². The van der Waals surface area contributed by atoms with E-state index < -0.39 is 0 Å². The zero-order valence-corrected chi connectivity index (χ0v) is 13.4. The Balaban J connectivity index is 1.82. The van der Waals surface area contributed by atoms with Gasteiger partial charge in [-0.1, -0.05) is 19.1 Å². The number of aromatic nitrogens is 2. The molecule has 0 aliphatic rings. The van der Waals surface area contributed by atoms with Crippen LogP contribution < -0.4 is 5.32 Å². The van der Waals surface area contributed by atoms with Gasteiger partial charge in [0.25, 0.3) is 0 Å². The van der Waals surface area contributed by atoms with Crippen LogP contribution >= 0.6 is 11.3 Å². The Kier molecular flexibility index (Phi) is 4.36. The van der Waals surface area contributed by atoms with Crippen LogP contribution in [0.25, 0.3) is 11.0 Å². The van der Waals surface area contributed by atoms with Gasteiger partial charge in [0.2, 0.25) is 0 Å². The fourth-order valence-corrected chi connectivity index (χ4v) is 3.48. The Morgan fingerprint density at radius 1 is 1.24 bits per heavy atom. The van der Waals surface area contributed by atoms with Crippen molar-refractivity contribution in [1.82, 2.24) is 14.9 Å². The van der Waals surface area contributed by atoms with Crippen molar-refractivity contribution in [2.75, 3.05) is 6.54 Å². The van der Waals surface area contributed by atoms with Gasteiger partial charge in [0, 0.05) is 19.5 Å². The molecule has 2 aromatic heterocycles. The minimum Gasteiger partial charge on any atom is -0.331 e. The molecule has 1 atom stereocenters. The molecule has 0 aliphatic heterocycles. The highest BCUT2D eigenvalue weighted by atomic mass is 32.1. The van der Waals surface area contributed by atoms with E-state index in [1.165, 1.54) is 11.1 Å². The van der Waals surface area contributed by atoms with E-state index >= 15 is 0 Å². The van der Waals surface area contributed by atoms with Gasteiger partial charge in [-0.05, 0) is 47.5 Å². The van der Waals surface area contributed by atoms with Crippen molar-refractivity contribution >= 4 is 22.4 Å². The molecule has 3 rings (SSSR count). The van der Waals surface area contributed by atoms with Gasteiger partial charge in [-0.15, -0.1) is 0 Å². The molecule has 2 heterocycles. The standard InChI is InChI=1S/C17H21N3S/c1-3-18-14(10-13-8-9-21-12-13)11-17-19-15-6-4-5-7-16(15)20(17)2/h4-9,12,14,18H,3,10-11H2,1-2H3. The minimum atomic E-state index is 0.431. The second kappa shape index (κ2) is 6.41. The Labute approximate surface area is 129 Å². The predicted octanol–water partition coefficient (Wildman–Crippen LogP) is 3.40. The van der Waals surface area contributed by atoms with Gasteiger partial charge in [0.15, 0.2) is 0 Å². The summed E-state index contributed by atoms with van der Waals surface area (Å²) in [5.74, 6) is 1.15. The van der Waals surface area contributed by atoms with Crippen LogP contribution in [0.1, 0.15) is 18.3 Å². The first kappa shape index (κ1) is 14.3. The largest absolute Gasteiger partial charge is 0.331 e. The summed E-state index contributed by atoms with van der Waals surface area (Å²) in [6, 6.07) is 11.0. The van der Waals surface area contributed by atoms with E-state index in [9.17, 15) is 0 Å². The molecule has 3 nitrogen and oxygen atoms in total. The zero-order valence-electron chi connectivity index (χ0n) is 12.5. The first-order valence-corrected chi connectivity index (χ1v) is 8.37. The maximum Gasteiger partial charge on any atom is 0.111 e. The van der Waals surface area contributed by atoms with Crippen molar-refractivity contribution in [1.29, 1.82) is 0 Å². The molecule has 1 aromatic carbocycles. The number of para-hydroxylation sites is 2. The molecule has 110 valence electrons. The lowest BCUT2D eigenvalue weighted by Gasteiger charge is -2.17. The molecule has 21 heavy (non-hydrogen) atoms. The molecule has 0 aliphatic carbocycles. The Bertz CT molecular complexity index is 700. The number of thiophene rings is 1. The molecule has 0 bridgehead atoms. The number of rotatable bonds is 6. The average Bonchev–Trinajstić information content (AvgIpc) is 3.09. The second-order valence-corrected chi connectivity index (χ2v) is 6.15. The molecule has 3 aromatic rings. The second-order valence-electron chi connectivity index (χ2n) is 5.37. The number of aryl methyl sites for hydroxylation is 1. The monoisotopic (exact) mass is 299 g/mol. The van der Waals surface area contributed by atoms with Crippen LogP contribution in [0.4, 0.5) is 0 Å². The van der Waals surface area contributed by atoms with E-state index in [0.717, 1.165) is 30.7 Å². The van der Waals surface area contributed by atoms with Crippen LogP contribution in [0, 0.1) is 0 Å². The molecule has 0 fully saturated rings. The number of benzene rings is 1. The summed E-state index contributed by atoms with van der Waals surface area (Å²) in [5.41, 5.74) is 3.70. The molecular weight excluding hydrogens is 278 g/mol. The number of imidazole rings is 1. The summed E-state index contributed by atoms with van der Waals surface area (Å²) in [4.78, 5) is 4.79. The number of fused-ring (bicyclic) bond motifs is 1. The third-order valence-electron chi connectivity index (χ3n) is 3.86. The molecule has 1 N–H and O–H groups in total. The van der Waals surface area contributed by atoms with Crippen LogP contribution in [0.2, 0.25) is 0 Å². The highest BCUT2D eigenvalue weighted by molar-refractivity contribution is 7.07. The van der Waals surface area contributed by atoms with Crippen LogP contribution in [-0.2, 0) is 19.9 Å². The Morgan fingerprint density at radius 3 is 2.81 bits per heavy atom. The van der Waals surface area contributed by atoms with Gasteiger partial charge in [0.1, 0.15) is 5.82 Å². The summed E-state index contributed by atoms with van der Waals surface area (Å²) in [6.07, 6.45) is 2.01. The van der Waals surface area contributed by atoms with Crippen molar-refractivity contribution in [3.63, 3.8) is 0 Å². The van der Waals surface area contributed by atoms with Gasteiger partial charge in [-0.25, -0.2) is 4.98 Å². The van der Waals surface area contributed by atoms with Crippen molar-refractivity contribution < 1.29 is 0 Å². The summed E-state index contributed by atoms with van der Waals surface area (Å²) >= 11 is 1.76. The lowest BCUT2D eigenvalue weighted by Crippen LogP contribution is -2.33. The minimum absolute atomic E-state index is 0.431. The average molecular weight is 299 g/mol. The quantitative estimate of drug-likeness (QED) is 0.756. The van der Waals surface area contributed by atoms with E-state index in [2.05, 4.69) is 58.9 Å². The third-order valence-corrected chi connectivity index (χ3v) is 4.60. The first-order chi connectivity index (χ1) is 10.3. The van der Waals surface area contributed by atoms with Crippen LogP contribution in [0.3, 0.4) is 0 Å².